The molecule has 0 spiro atoms. The van der Waals surface area contributed by atoms with Crippen LogP contribution in [-0.2, 0) is 24.2 Å². The van der Waals surface area contributed by atoms with Crippen molar-refractivity contribution in [2.24, 2.45) is 5.92 Å². The van der Waals surface area contributed by atoms with Crippen molar-refractivity contribution < 1.29 is 27.1 Å². The van der Waals surface area contributed by atoms with Crippen LogP contribution < -0.4 is 0 Å². The second kappa shape index (κ2) is 7.95. The van der Waals surface area contributed by atoms with Crippen molar-refractivity contribution in [1.82, 2.24) is 4.90 Å². The van der Waals surface area contributed by atoms with Gasteiger partial charge in [0.05, 0.1) is 17.4 Å². The molecular formula is C17H22FNO5S. The Kier molecular flexibility index (Phi) is 6.16. The number of benzene rings is 1. The number of amides is 1. The highest BCUT2D eigenvalue weighted by Gasteiger charge is 2.36. The second-order valence-corrected chi connectivity index (χ2v) is 8.29. The Bertz CT molecular complexity index is 732. The van der Waals surface area contributed by atoms with E-state index in [-0.39, 0.29) is 24.0 Å². The van der Waals surface area contributed by atoms with E-state index in [1.807, 2.05) is 0 Å². The van der Waals surface area contributed by atoms with Gasteiger partial charge in [0.15, 0.2) is 9.84 Å². The zero-order valence-corrected chi connectivity index (χ0v) is 15.1. The number of esters is 1. The average molecular weight is 371 g/mol. The summed E-state index contributed by atoms with van der Waals surface area (Å²) in [6.45, 7) is 3.84. The van der Waals surface area contributed by atoms with Crippen LogP contribution in [0.1, 0.15) is 26.7 Å². The molecule has 25 heavy (non-hydrogen) atoms. The summed E-state index contributed by atoms with van der Waals surface area (Å²) in [6, 6.07) is 4.38. The molecule has 1 saturated heterocycles. The molecule has 0 bridgehead atoms. The predicted octanol–water partition coefficient (Wildman–Crippen LogP) is 1.79. The molecule has 2 rings (SSSR count). The fourth-order valence-electron chi connectivity index (χ4n) is 2.85. The lowest BCUT2D eigenvalue weighted by atomic mass is 9.98. The summed E-state index contributed by atoms with van der Waals surface area (Å²) in [5.41, 5.74) is 0. The van der Waals surface area contributed by atoms with Crippen LogP contribution in [0.25, 0.3) is 0 Å². The summed E-state index contributed by atoms with van der Waals surface area (Å²) in [4.78, 5) is 25.8. The van der Waals surface area contributed by atoms with Crippen molar-refractivity contribution in [3.05, 3.63) is 30.1 Å². The maximum Gasteiger partial charge on any atom is 0.310 e. The third-order valence-corrected chi connectivity index (χ3v) is 6.37. The lowest BCUT2D eigenvalue weighted by Crippen LogP contribution is -2.48. The summed E-state index contributed by atoms with van der Waals surface area (Å²) in [5, 5.41) is -1.31. The number of ether oxygens (including phenoxy) is 1. The van der Waals surface area contributed by atoms with E-state index in [1.54, 1.807) is 6.92 Å². The molecule has 1 aromatic carbocycles. The molecule has 2 atom stereocenters. The van der Waals surface area contributed by atoms with Gasteiger partial charge in [-0.2, -0.15) is 0 Å². The largest absolute Gasteiger partial charge is 0.466 e. The molecule has 0 aromatic heterocycles. The first-order chi connectivity index (χ1) is 11.8. The fraction of sp³-hybridized carbons (Fsp3) is 0.529. The number of hydrogen-bond acceptors (Lipinski definition) is 5. The van der Waals surface area contributed by atoms with E-state index in [2.05, 4.69) is 0 Å². The highest BCUT2D eigenvalue weighted by Crippen LogP contribution is 2.22. The Balaban J connectivity index is 2.13. The molecule has 1 aliphatic rings. The maximum atomic E-state index is 13.0. The topological polar surface area (TPSA) is 80.8 Å². The molecule has 1 aliphatic heterocycles. The Labute approximate surface area is 146 Å². The Hall–Kier alpha value is -1.96. The number of halogens is 1. The zero-order valence-electron chi connectivity index (χ0n) is 14.3. The quantitative estimate of drug-likeness (QED) is 0.582. The van der Waals surface area contributed by atoms with Gasteiger partial charge < -0.3 is 9.64 Å². The van der Waals surface area contributed by atoms with E-state index in [0.717, 1.165) is 24.3 Å². The first-order valence-corrected chi connectivity index (χ1v) is 9.77. The number of likely N-dealkylation sites (tertiary alicyclic amines) is 1. The van der Waals surface area contributed by atoms with Crippen molar-refractivity contribution in [3.63, 3.8) is 0 Å². The summed E-state index contributed by atoms with van der Waals surface area (Å²) in [7, 11) is -3.93. The minimum atomic E-state index is -3.93. The van der Waals surface area contributed by atoms with Crippen LogP contribution in [0, 0.1) is 11.7 Å². The van der Waals surface area contributed by atoms with Crippen LogP contribution in [0.5, 0.6) is 0 Å². The van der Waals surface area contributed by atoms with Gasteiger partial charge >= 0.3 is 5.97 Å². The van der Waals surface area contributed by atoms with Crippen LogP contribution in [-0.4, -0.2) is 50.1 Å². The summed E-state index contributed by atoms with van der Waals surface area (Å²) < 4.78 is 43.1. The highest BCUT2D eigenvalue weighted by atomic mass is 32.2. The molecule has 0 N–H and O–H groups in total. The van der Waals surface area contributed by atoms with Crippen LogP contribution in [0.2, 0.25) is 0 Å². The lowest BCUT2D eigenvalue weighted by molar-refractivity contribution is -0.151. The molecule has 6 nitrogen and oxygen atoms in total. The normalized spacial score (nSPS) is 19.3. The van der Waals surface area contributed by atoms with Crippen LogP contribution in [0.3, 0.4) is 0 Å². The lowest BCUT2D eigenvalue weighted by Gasteiger charge is -2.33. The molecule has 1 heterocycles. The third kappa shape index (κ3) is 4.36. The van der Waals surface area contributed by atoms with Gasteiger partial charge in [0.2, 0.25) is 5.91 Å². The van der Waals surface area contributed by atoms with Crippen molar-refractivity contribution >= 4 is 21.7 Å². The first-order valence-electron chi connectivity index (χ1n) is 8.22. The molecule has 1 aromatic rings. The van der Waals surface area contributed by atoms with Crippen molar-refractivity contribution in [2.75, 3.05) is 19.7 Å². The Morgan fingerprint density at radius 3 is 2.56 bits per heavy atom. The van der Waals surface area contributed by atoms with Gasteiger partial charge in [-0.1, -0.05) is 0 Å². The maximum absolute atomic E-state index is 13.0. The monoisotopic (exact) mass is 371 g/mol. The number of hydrogen-bond donors (Lipinski definition) is 0. The number of carbonyl (C=O) groups is 2. The van der Waals surface area contributed by atoms with E-state index >= 15 is 0 Å². The molecule has 0 aliphatic carbocycles. The van der Waals surface area contributed by atoms with Gasteiger partial charge in [0.1, 0.15) is 11.1 Å². The number of nitrogens with zero attached hydrogens (tertiary/aromatic N) is 1. The third-order valence-electron chi connectivity index (χ3n) is 4.31. The molecule has 1 fully saturated rings. The van der Waals surface area contributed by atoms with E-state index < -0.39 is 32.7 Å². The van der Waals surface area contributed by atoms with Crippen LogP contribution >= 0.6 is 0 Å². The van der Waals surface area contributed by atoms with Gasteiger partial charge in [0.25, 0.3) is 0 Å². The molecule has 0 saturated carbocycles. The first kappa shape index (κ1) is 19.4. The van der Waals surface area contributed by atoms with E-state index in [0.29, 0.717) is 19.4 Å². The number of carbonyl (C=O) groups excluding carboxylic acids is 2. The Morgan fingerprint density at radius 2 is 1.96 bits per heavy atom. The minimum absolute atomic E-state index is 0.103. The molecule has 8 heteroatoms. The average Bonchev–Trinajstić information content (AvgIpc) is 2.61. The molecule has 138 valence electrons. The SMILES string of the molecule is CCOC(=O)C1CCCN(C(=O)C(C)S(=O)(=O)c2ccc(F)cc2)C1. The number of sulfone groups is 1. The highest BCUT2D eigenvalue weighted by molar-refractivity contribution is 7.92. The van der Waals surface area contributed by atoms with Crippen LogP contribution in [0.4, 0.5) is 4.39 Å². The summed E-state index contributed by atoms with van der Waals surface area (Å²) in [6.07, 6.45) is 1.22. The van der Waals surface area contributed by atoms with Crippen molar-refractivity contribution in [2.45, 2.75) is 36.8 Å². The molecule has 0 radical (unpaired) electrons. The Morgan fingerprint density at radius 1 is 1.32 bits per heavy atom. The summed E-state index contributed by atoms with van der Waals surface area (Å²) in [5.74, 6) is -1.91. The fourth-order valence-corrected chi connectivity index (χ4v) is 4.19. The molecule has 1 amide bonds. The standard InChI is InChI=1S/C17H22FNO5S/c1-3-24-17(21)13-5-4-10-19(11-13)16(20)12(2)25(22,23)15-8-6-14(18)7-9-15/h6-9,12-13H,3-5,10-11H2,1-2H3. The number of piperidine rings is 1. The second-order valence-electron chi connectivity index (χ2n) is 6.02. The smallest absolute Gasteiger partial charge is 0.310 e. The van der Waals surface area contributed by atoms with E-state index in [9.17, 15) is 22.4 Å². The zero-order chi connectivity index (χ0) is 18.6. The van der Waals surface area contributed by atoms with E-state index in [1.165, 1.54) is 11.8 Å². The van der Waals surface area contributed by atoms with E-state index in [4.69, 9.17) is 4.74 Å². The minimum Gasteiger partial charge on any atom is -0.466 e. The van der Waals surface area contributed by atoms with Crippen LogP contribution in [0.15, 0.2) is 29.2 Å². The van der Waals surface area contributed by atoms with Gasteiger partial charge in [-0.15, -0.1) is 0 Å². The van der Waals surface area contributed by atoms with Gasteiger partial charge in [-0.05, 0) is 51.0 Å². The molecule has 2 unspecified atom stereocenters. The van der Waals surface area contributed by atoms with Gasteiger partial charge in [-0.25, -0.2) is 12.8 Å². The van der Waals surface area contributed by atoms with Crippen molar-refractivity contribution in [1.29, 1.82) is 0 Å². The summed E-state index contributed by atoms with van der Waals surface area (Å²) >= 11 is 0. The van der Waals surface area contributed by atoms with Gasteiger partial charge in [-0.3, -0.25) is 9.59 Å². The molecular weight excluding hydrogens is 349 g/mol. The predicted molar refractivity (Wildman–Crippen MR) is 89.0 cm³/mol. The van der Waals surface area contributed by atoms with Crippen molar-refractivity contribution in [3.8, 4) is 0 Å². The van der Waals surface area contributed by atoms with Gasteiger partial charge in [0, 0.05) is 13.1 Å². The number of rotatable bonds is 5.